The minimum Gasteiger partial charge on any atom is -0.480 e. The van der Waals surface area contributed by atoms with E-state index in [0.29, 0.717) is 11.7 Å². The molecule has 1 rings (SSSR count). The zero-order valence-corrected chi connectivity index (χ0v) is 11.9. The molecule has 0 saturated carbocycles. The second-order valence-electron chi connectivity index (χ2n) is 4.91. The van der Waals surface area contributed by atoms with Gasteiger partial charge in [-0.25, -0.2) is 5.09 Å². The summed E-state index contributed by atoms with van der Waals surface area (Å²) in [5, 5.41) is 12.6. The first kappa shape index (κ1) is 14.9. The minimum atomic E-state index is -2.84. The van der Waals surface area contributed by atoms with Crippen LogP contribution in [-0.2, 0) is 9.36 Å². The fourth-order valence-corrected chi connectivity index (χ4v) is 3.47. The molecule has 0 aliphatic carbocycles. The van der Waals surface area contributed by atoms with E-state index in [0.717, 1.165) is 0 Å². The van der Waals surface area contributed by atoms with Crippen LogP contribution in [0.2, 0.25) is 0 Å². The summed E-state index contributed by atoms with van der Waals surface area (Å²) in [5.74, 6) is -0.726. The highest BCUT2D eigenvalue weighted by Gasteiger charge is 2.27. The number of carbonyl (C=O) groups is 1. The van der Waals surface area contributed by atoms with Crippen LogP contribution in [-0.4, -0.2) is 23.8 Å². The van der Waals surface area contributed by atoms with E-state index >= 15 is 0 Å². The van der Waals surface area contributed by atoms with Crippen molar-refractivity contribution >= 4 is 18.6 Å². The number of carboxylic acids is 1. The third-order valence-corrected chi connectivity index (χ3v) is 4.74. The van der Waals surface area contributed by atoms with E-state index in [9.17, 15) is 9.36 Å². The number of nitrogens with one attached hydrogen (secondary N) is 1. The average Bonchev–Trinajstić information content (AvgIpc) is 2.28. The molecule has 0 aliphatic rings. The predicted octanol–water partition coefficient (Wildman–Crippen LogP) is 2.31. The predicted molar refractivity (Wildman–Crippen MR) is 73.6 cm³/mol. The Labute approximate surface area is 108 Å². The number of hydrogen-bond donors (Lipinski definition) is 2. The van der Waals surface area contributed by atoms with Crippen molar-refractivity contribution in [2.24, 2.45) is 5.92 Å². The van der Waals surface area contributed by atoms with Crippen molar-refractivity contribution in [2.45, 2.75) is 26.3 Å². The van der Waals surface area contributed by atoms with Crippen LogP contribution in [0, 0.1) is 5.92 Å². The molecule has 0 aliphatic heterocycles. The van der Waals surface area contributed by atoms with E-state index in [4.69, 9.17) is 5.11 Å². The van der Waals surface area contributed by atoms with Crippen LogP contribution >= 0.6 is 7.29 Å². The molecule has 0 amide bonds. The maximum absolute atomic E-state index is 12.5. The van der Waals surface area contributed by atoms with Gasteiger partial charge in [-0.1, -0.05) is 44.2 Å². The van der Waals surface area contributed by atoms with Gasteiger partial charge in [0.2, 0.25) is 0 Å². The van der Waals surface area contributed by atoms with E-state index in [2.05, 4.69) is 5.09 Å². The Morgan fingerprint density at radius 1 is 1.33 bits per heavy atom. The molecule has 0 heterocycles. The van der Waals surface area contributed by atoms with Crippen LogP contribution in [0.25, 0.3) is 0 Å². The summed E-state index contributed by atoms with van der Waals surface area (Å²) in [6.07, 6.45) is 0.458. The summed E-state index contributed by atoms with van der Waals surface area (Å²) < 4.78 is 12.5. The molecule has 1 aromatic rings. The van der Waals surface area contributed by atoms with Gasteiger partial charge in [0.25, 0.3) is 0 Å². The van der Waals surface area contributed by atoms with Crippen LogP contribution in [0.4, 0.5) is 0 Å². The molecule has 5 heteroatoms. The van der Waals surface area contributed by atoms with E-state index in [1.54, 1.807) is 30.9 Å². The quantitative estimate of drug-likeness (QED) is 0.778. The summed E-state index contributed by atoms with van der Waals surface area (Å²) in [6.45, 7) is 5.46. The average molecular weight is 269 g/mol. The zero-order valence-electron chi connectivity index (χ0n) is 11.0. The van der Waals surface area contributed by atoms with Crippen molar-refractivity contribution in [1.29, 1.82) is 0 Å². The van der Waals surface area contributed by atoms with Gasteiger partial charge < -0.3 is 9.67 Å². The van der Waals surface area contributed by atoms with Gasteiger partial charge in [0.05, 0.1) is 0 Å². The number of rotatable bonds is 6. The Morgan fingerprint density at radius 2 is 1.89 bits per heavy atom. The molecule has 4 nitrogen and oxygen atoms in total. The third kappa shape index (κ3) is 4.28. The van der Waals surface area contributed by atoms with Gasteiger partial charge in [0.1, 0.15) is 6.04 Å². The number of benzene rings is 1. The Morgan fingerprint density at radius 3 is 2.33 bits per heavy atom. The van der Waals surface area contributed by atoms with Crippen LogP contribution in [0.15, 0.2) is 30.3 Å². The maximum Gasteiger partial charge on any atom is 0.321 e. The Balaban J connectivity index is 2.86. The fraction of sp³-hybridized carbons (Fsp3) is 0.462. The lowest BCUT2D eigenvalue weighted by molar-refractivity contribution is -0.139. The first-order valence-electron chi connectivity index (χ1n) is 5.96. The third-order valence-electron chi connectivity index (χ3n) is 2.66. The molecule has 2 atom stereocenters. The Kier molecular flexibility index (Phi) is 5.12. The summed E-state index contributed by atoms with van der Waals surface area (Å²) in [4.78, 5) is 11.2. The molecular weight excluding hydrogens is 249 g/mol. The largest absolute Gasteiger partial charge is 0.480 e. The highest BCUT2D eigenvalue weighted by atomic mass is 31.2. The lowest BCUT2D eigenvalue weighted by atomic mass is 10.1. The van der Waals surface area contributed by atoms with Crippen LogP contribution in [0.5, 0.6) is 0 Å². The van der Waals surface area contributed by atoms with Gasteiger partial charge in [0.15, 0.2) is 7.29 Å². The van der Waals surface area contributed by atoms with Crippen molar-refractivity contribution in [3.63, 3.8) is 0 Å². The number of hydrogen-bond acceptors (Lipinski definition) is 2. The molecule has 100 valence electrons. The SMILES string of the molecule is CC(C)C[C@@H](N[P@@](C)(=O)c1ccccc1)C(=O)O. The minimum absolute atomic E-state index is 0.231. The first-order valence-corrected chi connectivity index (χ1v) is 8.12. The van der Waals surface area contributed by atoms with Crippen molar-refractivity contribution in [3.05, 3.63) is 30.3 Å². The zero-order chi connectivity index (χ0) is 13.8. The van der Waals surface area contributed by atoms with Gasteiger partial charge >= 0.3 is 5.97 Å². The van der Waals surface area contributed by atoms with Crippen LogP contribution in [0.1, 0.15) is 20.3 Å². The normalized spacial score (nSPS) is 16.2. The second kappa shape index (κ2) is 6.17. The molecule has 2 N–H and O–H groups in total. The van der Waals surface area contributed by atoms with E-state index in [1.807, 2.05) is 19.9 Å². The molecule has 18 heavy (non-hydrogen) atoms. The maximum atomic E-state index is 12.5. The summed E-state index contributed by atoms with van der Waals surface area (Å²) in [7, 11) is -2.84. The van der Waals surface area contributed by atoms with Crippen molar-refractivity contribution in [3.8, 4) is 0 Å². The summed E-state index contributed by atoms with van der Waals surface area (Å²) >= 11 is 0. The summed E-state index contributed by atoms with van der Waals surface area (Å²) in [6, 6.07) is 8.16. The molecular formula is C13H20NO3P. The molecule has 0 radical (unpaired) electrons. The van der Waals surface area contributed by atoms with Gasteiger partial charge in [-0.2, -0.15) is 0 Å². The number of carboxylic acid groups (broad SMARTS) is 1. The highest BCUT2D eigenvalue weighted by Crippen LogP contribution is 2.36. The lowest BCUT2D eigenvalue weighted by Gasteiger charge is -2.22. The Bertz CT molecular complexity index is 445. The summed E-state index contributed by atoms with van der Waals surface area (Å²) in [5.41, 5.74) is 0. The second-order valence-corrected chi connectivity index (χ2v) is 7.53. The standard InChI is InChI=1S/C13H20NO3P/c1-10(2)9-12(13(15)16)14-18(3,17)11-7-5-4-6-8-11/h4-8,10,12H,9H2,1-3H3,(H,14,17)(H,15,16)/t12-,18+/m1/s1. The monoisotopic (exact) mass is 269 g/mol. The van der Waals surface area contributed by atoms with Gasteiger partial charge in [-0.3, -0.25) is 4.79 Å². The molecule has 0 fully saturated rings. The molecule has 0 bridgehead atoms. The van der Waals surface area contributed by atoms with E-state index in [1.165, 1.54) is 0 Å². The van der Waals surface area contributed by atoms with Gasteiger partial charge in [-0.15, -0.1) is 0 Å². The molecule has 0 spiro atoms. The topological polar surface area (TPSA) is 66.4 Å². The Hall–Kier alpha value is -1.12. The van der Waals surface area contributed by atoms with Crippen LogP contribution in [0.3, 0.4) is 0 Å². The smallest absolute Gasteiger partial charge is 0.321 e. The molecule has 0 aromatic heterocycles. The van der Waals surface area contributed by atoms with Crippen molar-refractivity contribution in [1.82, 2.24) is 5.09 Å². The van der Waals surface area contributed by atoms with Gasteiger partial charge in [-0.05, 0) is 12.3 Å². The molecule has 0 saturated heterocycles. The number of aliphatic carboxylic acids is 1. The first-order chi connectivity index (χ1) is 8.33. The molecule has 0 unspecified atom stereocenters. The van der Waals surface area contributed by atoms with Crippen molar-refractivity contribution < 1.29 is 14.5 Å². The van der Waals surface area contributed by atoms with Crippen LogP contribution < -0.4 is 10.4 Å². The highest BCUT2D eigenvalue weighted by molar-refractivity contribution is 7.69. The fourth-order valence-electron chi connectivity index (χ4n) is 1.76. The van der Waals surface area contributed by atoms with E-state index < -0.39 is 19.3 Å². The molecule has 1 aromatic carbocycles. The van der Waals surface area contributed by atoms with Crippen molar-refractivity contribution in [2.75, 3.05) is 6.66 Å². The van der Waals surface area contributed by atoms with E-state index in [-0.39, 0.29) is 5.92 Å². The van der Waals surface area contributed by atoms with Gasteiger partial charge in [0, 0.05) is 12.0 Å². The lowest BCUT2D eigenvalue weighted by Crippen LogP contribution is -2.37.